The van der Waals surface area contributed by atoms with Crippen LogP contribution in [0.15, 0.2) is 47.2 Å². The van der Waals surface area contributed by atoms with Crippen LogP contribution in [0.3, 0.4) is 0 Å². The van der Waals surface area contributed by atoms with Crippen molar-refractivity contribution in [2.24, 2.45) is 0 Å². The zero-order valence-corrected chi connectivity index (χ0v) is 12.6. The third-order valence-corrected chi connectivity index (χ3v) is 3.25. The molecule has 1 aromatic heterocycles. The number of hydrogen-bond acceptors (Lipinski definition) is 3. The Hall–Kier alpha value is -2.21. The van der Waals surface area contributed by atoms with Gasteiger partial charge in [0.15, 0.2) is 0 Å². The molecular weight excluding hydrogens is 336 g/mol. The van der Waals surface area contributed by atoms with Gasteiger partial charge in [-0.1, -0.05) is 22.0 Å². The molecule has 2 rings (SSSR count). The number of anilines is 1. The minimum Gasteiger partial charge on any atom is -0.478 e. The van der Waals surface area contributed by atoms with Crippen LogP contribution >= 0.6 is 15.9 Å². The molecule has 0 aliphatic rings. The average molecular weight is 349 g/mol. The normalized spacial score (nSPS) is 10.1. The zero-order valence-electron chi connectivity index (χ0n) is 11.0. The highest BCUT2D eigenvalue weighted by Crippen LogP contribution is 2.20. The van der Waals surface area contributed by atoms with E-state index in [0.29, 0.717) is 23.0 Å². The zero-order chi connectivity index (χ0) is 15.2. The predicted molar refractivity (Wildman–Crippen MR) is 82.3 cm³/mol. The average Bonchev–Trinajstić information content (AvgIpc) is 2.45. The number of carbonyl (C=O) groups is 2. The second-order valence-electron chi connectivity index (χ2n) is 4.44. The maximum Gasteiger partial charge on any atom is 0.335 e. The molecule has 0 aliphatic heterocycles. The highest BCUT2D eigenvalue weighted by atomic mass is 79.9. The van der Waals surface area contributed by atoms with Gasteiger partial charge in [-0.3, -0.25) is 9.78 Å². The SMILES string of the molecule is O=C(CCc1cccnc1)Nc1cc(Br)cc(C(=O)O)c1. The number of hydrogen-bond donors (Lipinski definition) is 2. The van der Waals surface area contributed by atoms with Gasteiger partial charge in [0.2, 0.25) is 5.91 Å². The van der Waals surface area contributed by atoms with Crippen LogP contribution in [0.4, 0.5) is 5.69 Å². The summed E-state index contributed by atoms with van der Waals surface area (Å²) >= 11 is 3.22. The Morgan fingerprint density at radius 1 is 1.29 bits per heavy atom. The number of halogens is 1. The van der Waals surface area contributed by atoms with E-state index < -0.39 is 5.97 Å². The Balaban J connectivity index is 1.98. The summed E-state index contributed by atoms with van der Waals surface area (Å²) in [5, 5.41) is 11.7. The van der Waals surface area contributed by atoms with E-state index in [1.807, 2.05) is 12.1 Å². The Labute approximate surface area is 130 Å². The topological polar surface area (TPSA) is 79.3 Å². The van der Waals surface area contributed by atoms with Crippen LogP contribution in [0.25, 0.3) is 0 Å². The van der Waals surface area contributed by atoms with E-state index in [9.17, 15) is 9.59 Å². The lowest BCUT2D eigenvalue weighted by molar-refractivity contribution is -0.116. The number of nitrogens with zero attached hydrogens (tertiary/aromatic N) is 1. The van der Waals surface area contributed by atoms with Gasteiger partial charge in [0.05, 0.1) is 5.56 Å². The van der Waals surface area contributed by atoms with Crippen molar-refractivity contribution in [3.63, 3.8) is 0 Å². The summed E-state index contributed by atoms with van der Waals surface area (Å²) in [4.78, 5) is 26.8. The molecule has 21 heavy (non-hydrogen) atoms. The maximum atomic E-state index is 11.9. The first-order valence-electron chi connectivity index (χ1n) is 6.27. The molecule has 1 heterocycles. The summed E-state index contributed by atoms with van der Waals surface area (Å²) < 4.78 is 0.602. The molecule has 0 spiro atoms. The number of aryl methyl sites for hydroxylation is 1. The number of rotatable bonds is 5. The van der Waals surface area contributed by atoms with Gasteiger partial charge in [-0.2, -0.15) is 0 Å². The molecule has 0 bridgehead atoms. The Morgan fingerprint density at radius 2 is 2.10 bits per heavy atom. The number of aromatic carboxylic acids is 1. The number of amides is 1. The monoisotopic (exact) mass is 348 g/mol. The summed E-state index contributed by atoms with van der Waals surface area (Å²) in [6, 6.07) is 8.29. The first kappa shape index (κ1) is 15.2. The number of aromatic nitrogens is 1. The second kappa shape index (κ2) is 6.99. The van der Waals surface area contributed by atoms with E-state index in [1.165, 1.54) is 12.1 Å². The minimum atomic E-state index is -1.04. The van der Waals surface area contributed by atoms with Crippen molar-refractivity contribution in [3.05, 3.63) is 58.3 Å². The number of carboxylic acids is 1. The van der Waals surface area contributed by atoms with Gasteiger partial charge in [0.25, 0.3) is 0 Å². The van der Waals surface area contributed by atoms with Crippen molar-refractivity contribution in [3.8, 4) is 0 Å². The van der Waals surface area contributed by atoms with Gasteiger partial charge in [-0.15, -0.1) is 0 Å². The first-order chi connectivity index (χ1) is 10.0. The van der Waals surface area contributed by atoms with E-state index in [2.05, 4.69) is 26.2 Å². The van der Waals surface area contributed by atoms with Crippen molar-refractivity contribution in [2.45, 2.75) is 12.8 Å². The van der Waals surface area contributed by atoms with Gasteiger partial charge in [0.1, 0.15) is 0 Å². The van der Waals surface area contributed by atoms with Gasteiger partial charge < -0.3 is 10.4 Å². The Bertz CT molecular complexity index is 659. The third kappa shape index (κ3) is 4.68. The van der Waals surface area contributed by atoms with Crippen LogP contribution in [-0.4, -0.2) is 22.0 Å². The Morgan fingerprint density at radius 3 is 2.76 bits per heavy atom. The largest absolute Gasteiger partial charge is 0.478 e. The minimum absolute atomic E-state index is 0.118. The van der Waals surface area contributed by atoms with Gasteiger partial charge in [0, 0.05) is 29.0 Å². The van der Waals surface area contributed by atoms with Crippen LogP contribution in [0.5, 0.6) is 0 Å². The van der Waals surface area contributed by atoms with Crippen LogP contribution in [0.2, 0.25) is 0 Å². The fourth-order valence-electron chi connectivity index (χ4n) is 1.81. The molecule has 0 unspecified atom stereocenters. The molecule has 0 aliphatic carbocycles. The second-order valence-corrected chi connectivity index (χ2v) is 5.36. The lowest BCUT2D eigenvalue weighted by Crippen LogP contribution is -2.13. The summed E-state index contributed by atoms with van der Waals surface area (Å²) in [5.74, 6) is -1.21. The molecule has 1 aromatic carbocycles. The van der Waals surface area contributed by atoms with Crippen LogP contribution in [-0.2, 0) is 11.2 Å². The highest BCUT2D eigenvalue weighted by Gasteiger charge is 2.08. The molecule has 1 amide bonds. The van der Waals surface area contributed by atoms with Crippen LogP contribution in [0, 0.1) is 0 Å². The molecule has 0 atom stereocenters. The van der Waals surface area contributed by atoms with Crippen molar-refractivity contribution < 1.29 is 14.7 Å². The van der Waals surface area contributed by atoms with Gasteiger partial charge in [-0.05, 0) is 36.2 Å². The molecule has 6 heteroatoms. The summed E-state index contributed by atoms with van der Waals surface area (Å²) in [5.41, 5.74) is 1.55. The van der Waals surface area contributed by atoms with Crippen LogP contribution < -0.4 is 5.32 Å². The fraction of sp³-hybridized carbons (Fsp3) is 0.133. The van der Waals surface area contributed by atoms with Crippen molar-refractivity contribution >= 4 is 33.5 Å². The molecule has 0 saturated carbocycles. The van der Waals surface area contributed by atoms with E-state index in [-0.39, 0.29) is 11.5 Å². The smallest absolute Gasteiger partial charge is 0.335 e. The molecule has 2 N–H and O–H groups in total. The highest BCUT2D eigenvalue weighted by molar-refractivity contribution is 9.10. The predicted octanol–water partition coefficient (Wildman–Crippen LogP) is 3.11. The maximum absolute atomic E-state index is 11.9. The van der Waals surface area contributed by atoms with Crippen molar-refractivity contribution in [1.82, 2.24) is 4.98 Å². The summed E-state index contributed by atoms with van der Waals surface area (Å²) in [7, 11) is 0. The van der Waals surface area contributed by atoms with E-state index >= 15 is 0 Å². The number of nitrogens with one attached hydrogen (secondary N) is 1. The third-order valence-electron chi connectivity index (χ3n) is 2.79. The standard InChI is InChI=1S/C15H13BrN2O3/c16-12-6-11(15(20)21)7-13(8-12)18-14(19)4-3-10-2-1-5-17-9-10/h1-2,5-9H,3-4H2,(H,18,19)(H,20,21). The molecule has 0 fully saturated rings. The number of carboxylic acid groups (broad SMARTS) is 1. The first-order valence-corrected chi connectivity index (χ1v) is 7.06. The summed E-state index contributed by atoms with van der Waals surface area (Å²) in [6.07, 6.45) is 4.29. The number of carbonyl (C=O) groups excluding carboxylic acids is 1. The molecule has 5 nitrogen and oxygen atoms in total. The molecule has 2 aromatic rings. The fourth-order valence-corrected chi connectivity index (χ4v) is 2.31. The number of pyridine rings is 1. The van der Waals surface area contributed by atoms with Crippen molar-refractivity contribution in [2.75, 3.05) is 5.32 Å². The van der Waals surface area contributed by atoms with Gasteiger partial charge in [-0.25, -0.2) is 4.79 Å². The quantitative estimate of drug-likeness (QED) is 0.869. The summed E-state index contributed by atoms with van der Waals surface area (Å²) in [6.45, 7) is 0. The Kier molecular flexibility index (Phi) is 5.05. The lowest BCUT2D eigenvalue weighted by Gasteiger charge is -2.07. The molecule has 0 radical (unpaired) electrons. The lowest BCUT2D eigenvalue weighted by atomic mass is 10.1. The van der Waals surface area contributed by atoms with E-state index in [4.69, 9.17) is 5.11 Å². The number of benzene rings is 1. The molecule has 0 saturated heterocycles. The molecule has 108 valence electrons. The van der Waals surface area contributed by atoms with E-state index in [0.717, 1.165) is 5.56 Å². The van der Waals surface area contributed by atoms with Crippen molar-refractivity contribution in [1.29, 1.82) is 0 Å². The molecular formula is C15H13BrN2O3. The van der Waals surface area contributed by atoms with Crippen LogP contribution in [0.1, 0.15) is 22.3 Å². The van der Waals surface area contributed by atoms with E-state index in [1.54, 1.807) is 18.5 Å². The van der Waals surface area contributed by atoms with Gasteiger partial charge >= 0.3 is 5.97 Å².